The Hall–Kier alpha value is -3.13. The van der Waals surface area contributed by atoms with Gasteiger partial charge in [-0.2, -0.15) is 0 Å². The normalized spacial score (nSPS) is 12.7. The molecule has 8 heteroatoms. The van der Waals surface area contributed by atoms with Crippen LogP contribution in [-0.4, -0.2) is 28.8 Å². The number of aliphatic carboxylic acids is 1. The standard InChI is InChI=1S/C27H24N2O5.Na/c28-27(33)26(32)19-11-6-12-20-23(19)24-21(34-15-22(30)31)13-17-9-4-5-10-18(17)25(24)29(20)14-16-7-2-1-3-8-16;/h1-3,6-8,11-13H,4-5,9-10,14-15H2,(H2,28,33)(H,30,31);/q;+1/p-1. The van der Waals surface area contributed by atoms with E-state index in [9.17, 15) is 19.5 Å². The van der Waals surface area contributed by atoms with Crippen LogP contribution in [0.2, 0.25) is 0 Å². The van der Waals surface area contributed by atoms with Crippen molar-refractivity contribution in [2.75, 3.05) is 6.61 Å². The van der Waals surface area contributed by atoms with Crippen molar-refractivity contribution in [2.45, 2.75) is 32.2 Å². The van der Waals surface area contributed by atoms with Gasteiger partial charge in [0, 0.05) is 17.5 Å². The van der Waals surface area contributed by atoms with Gasteiger partial charge in [0.1, 0.15) is 12.4 Å². The van der Waals surface area contributed by atoms with Gasteiger partial charge in [-0.25, -0.2) is 0 Å². The topological polar surface area (TPSA) is 114 Å². The molecule has 0 fully saturated rings. The van der Waals surface area contributed by atoms with Gasteiger partial charge in [-0.3, -0.25) is 9.59 Å². The van der Waals surface area contributed by atoms with Crippen LogP contribution in [0.3, 0.4) is 0 Å². The third-order valence-corrected chi connectivity index (χ3v) is 6.44. The fraction of sp³-hybridized carbons (Fsp3) is 0.222. The van der Waals surface area contributed by atoms with Gasteiger partial charge in [0.05, 0.1) is 22.4 Å². The van der Waals surface area contributed by atoms with Crippen molar-refractivity contribution in [3.63, 3.8) is 0 Å². The van der Waals surface area contributed by atoms with Crippen LogP contribution >= 0.6 is 0 Å². The molecule has 172 valence electrons. The number of hydrogen-bond donors (Lipinski definition) is 1. The molecule has 2 N–H and O–H groups in total. The SMILES string of the molecule is NC(=O)C(=O)c1cccc2c1c1c(OCC(=O)[O-])cc3c(c1n2Cc1ccccc1)CCCC3.[Na+]. The molecule has 5 rings (SSSR count). The summed E-state index contributed by atoms with van der Waals surface area (Å²) in [6.07, 6.45) is 3.77. The number of carbonyl (C=O) groups excluding carboxylic acids is 3. The Kier molecular flexibility index (Phi) is 7.31. The maximum atomic E-state index is 12.8. The van der Waals surface area contributed by atoms with Crippen molar-refractivity contribution in [3.05, 3.63) is 76.9 Å². The maximum absolute atomic E-state index is 12.8. The Bertz CT molecular complexity index is 1460. The number of aryl methyl sites for hydroxylation is 2. The zero-order valence-electron chi connectivity index (χ0n) is 19.5. The monoisotopic (exact) mass is 478 g/mol. The third kappa shape index (κ3) is 4.59. The molecule has 0 saturated heterocycles. The van der Waals surface area contributed by atoms with Crippen LogP contribution in [0.4, 0.5) is 0 Å². The van der Waals surface area contributed by atoms with Gasteiger partial charge in [-0.15, -0.1) is 0 Å². The second kappa shape index (κ2) is 10.2. The van der Waals surface area contributed by atoms with Crippen LogP contribution in [0, 0.1) is 0 Å². The number of fused-ring (bicyclic) bond motifs is 5. The van der Waals surface area contributed by atoms with Gasteiger partial charge >= 0.3 is 29.6 Å². The Labute approximate surface area is 224 Å². The number of rotatable bonds is 7. The minimum absolute atomic E-state index is 0. The average molecular weight is 478 g/mol. The predicted molar refractivity (Wildman–Crippen MR) is 126 cm³/mol. The fourth-order valence-electron chi connectivity index (χ4n) is 5.05. The van der Waals surface area contributed by atoms with Crippen molar-refractivity contribution in [3.8, 4) is 5.75 Å². The zero-order valence-corrected chi connectivity index (χ0v) is 21.5. The summed E-state index contributed by atoms with van der Waals surface area (Å²) in [7, 11) is 0. The summed E-state index contributed by atoms with van der Waals surface area (Å²) < 4.78 is 7.84. The van der Waals surface area contributed by atoms with Crippen molar-refractivity contribution < 1.29 is 53.8 Å². The fourth-order valence-corrected chi connectivity index (χ4v) is 5.05. The van der Waals surface area contributed by atoms with E-state index in [1.807, 2.05) is 42.5 Å². The van der Waals surface area contributed by atoms with E-state index in [0.29, 0.717) is 23.1 Å². The molecule has 4 aromatic rings. The number of ether oxygens (including phenoxy) is 1. The van der Waals surface area contributed by atoms with E-state index in [-0.39, 0.29) is 35.1 Å². The number of carbonyl (C=O) groups is 3. The van der Waals surface area contributed by atoms with Gasteiger partial charge in [0.25, 0.3) is 11.7 Å². The van der Waals surface area contributed by atoms with Crippen molar-refractivity contribution in [2.24, 2.45) is 5.73 Å². The number of amides is 1. The molecule has 35 heavy (non-hydrogen) atoms. The van der Waals surface area contributed by atoms with E-state index >= 15 is 0 Å². The Morgan fingerprint density at radius 3 is 2.43 bits per heavy atom. The molecule has 1 amide bonds. The first-order chi connectivity index (χ1) is 16.5. The molecule has 0 spiro atoms. The molecule has 1 aliphatic rings. The number of nitrogens with two attached hydrogens (primary N) is 1. The van der Waals surface area contributed by atoms with Crippen molar-refractivity contribution >= 4 is 39.5 Å². The predicted octanol–water partition coefficient (Wildman–Crippen LogP) is -0.478. The second-order valence-electron chi connectivity index (χ2n) is 8.57. The van der Waals surface area contributed by atoms with Crippen molar-refractivity contribution in [1.82, 2.24) is 4.57 Å². The number of hydrogen-bond acceptors (Lipinski definition) is 5. The van der Waals surface area contributed by atoms with Crippen LogP contribution in [-0.2, 0) is 29.0 Å². The largest absolute Gasteiger partial charge is 1.00 e. The molecule has 0 atom stereocenters. The molecule has 1 aromatic heterocycles. The Morgan fingerprint density at radius 1 is 0.971 bits per heavy atom. The van der Waals surface area contributed by atoms with E-state index < -0.39 is 24.3 Å². The minimum Gasteiger partial charge on any atom is -0.546 e. The quantitative estimate of drug-likeness (QED) is 0.219. The number of carboxylic acid groups (broad SMARTS) is 1. The number of benzene rings is 3. The van der Waals surface area contributed by atoms with Crippen LogP contribution in [0.15, 0.2) is 54.6 Å². The number of nitrogens with zero attached hydrogens (tertiary/aromatic N) is 1. The molecule has 3 aromatic carbocycles. The molecule has 0 radical (unpaired) electrons. The number of carboxylic acids is 1. The molecule has 0 unspecified atom stereocenters. The number of Topliss-reactive ketones (excluding diaryl/α,β-unsaturated/α-hetero) is 1. The summed E-state index contributed by atoms with van der Waals surface area (Å²) in [5.74, 6) is -2.83. The van der Waals surface area contributed by atoms with Gasteiger partial charge in [0.2, 0.25) is 0 Å². The minimum atomic E-state index is -1.34. The summed E-state index contributed by atoms with van der Waals surface area (Å²) in [5, 5.41) is 12.4. The number of aromatic nitrogens is 1. The van der Waals surface area contributed by atoms with E-state index in [1.54, 1.807) is 12.1 Å². The molecule has 7 nitrogen and oxygen atoms in total. The summed E-state index contributed by atoms with van der Waals surface area (Å²) in [5.41, 5.74) is 10.5. The van der Waals surface area contributed by atoms with Gasteiger partial charge < -0.3 is 24.9 Å². The molecule has 0 saturated carbocycles. The first kappa shape index (κ1) is 25.0. The second-order valence-corrected chi connectivity index (χ2v) is 8.57. The average Bonchev–Trinajstić information content (AvgIpc) is 3.17. The first-order valence-electron chi connectivity index (χ1n) is 11.3. The van der Waals surface area contributed by atoms with E-state index in [4.69, 9.17) is 10.5 Å². The summed E-state index contributed by atoms with van der Waals surface area (Å²) in [4.78, 5) is 35.9. The molecule has 0 aliphatic heterocycles. The first-order valence-corrected chi connectivity index (χ1v) is 11.3. The molecular formula is C27H23N2NaO5. The van der Waals surface area contributed by atoms with Crippen molar-refractivity contribution in [1.29, 1.82) is 0 Å². The molecule has 1 aliphatic carbocycles. The van der Waals surface area contributed by atoms with E-state index in [0.717, 1.165) is 53.4 Å². The van der Waals surface area contributed by atoms with Gasteiger partial charge in [-0.1, -0.05) is 42.5 Å². The summed E-state index contributed by atoms with van der Waals surface area (Å²) in [6.45, 7) is -0.0867. The van der Waals surface area contributed by atoms with Crippen LogP contribution in [0.25, 0.3) is 21.8 Å². The van der Waals surface area contributed by atoms with Crippen LogP contribution < -0.4 is 45.1 Å². The maximum Gasteiger partial charge on any atom is 1.00 e. The summed E-state index contributed by atoms with van der Waals surface area (Å²) in [6, 6.07) is 17.0. The Morgan fingerprint density at radius 2 is 1.71 bits per heavy atom. The smallest absolute Gasteiger partial charge is 0.546 e. The molecular weight excluding hydrogens is 455 g/mol. The Balaban J connectivity index is 0.00000289. The van der Waals surface area contributed by atoms with E-state index in [1.165, 1.54) is 0 Å². The van der Waals surface area contributed by atoms with E-state index in [2.05, 4.69) is 4.57 Å². The van der Waals surface area contributed by atoms with Crippen LogP contribution in [0.1, 0.15) is 39.9 Å². The van der Waals surface area contributed by atoms with Gasteiger partial charge in [-0.05, 0) is 54.5 Å². The zero-order chi connectivity index (χ0) is 23.8. The molecule has 1 heterocycles. The molecule has 0 bridgehead atoms. The number of ketones is 1. The number of primary amides is 1. The third-order valence-electron chi connectivity index (χ3n) is 6.44. The van der Waals surface area contributed by atoms with Gasteiger partial charge in [0.15, 0.2) is 0 Å². The van der Waals surface area contributed by atoms with Crippen LogP contribution in [0.5, 0.6) is 5.75 Å². The summed E-state index contributed by atoms with van der Waals surface area (Å²) >= 11 is 0.